The third kappa shape index (κ3) is 4.31. The van der Waals surface area contributed by atoms with Gasteiger partial charge in [0, 0.05) is 17.1 Å². The van der Waals surface area contributed by atoms with Gasteiger partial charge in [-0.25, -0.2) is 14.7 Å². The lowest BCUT2D eigenvalue weighted by atomic mass is 10.0. The number of hydrogen-bond donors (Lipinski definition) is 0. The van der Waals surface area contributed by atoms with Crippen molar-refractivity contribution in [3.8, 4) is 28.6 Å². The number of fused-ring (bicyclic) bond motifs is 2. The Morgan fingerprint density at radius 3 is 2.38 bits per heavy atom. The molecule has 210 valence electrons. The minimum Gasteiger partial charge on any atom is -0.493 e. The van der Waals surface area contributed by atoms with E-state index in [2.05, 4.69) is 4.98 Å². The van der Waals surface area contributed by atoms with Crippen molar-refractivity contribution in [3.63, 3.8) is 0 Å². The zero-order valence-corrected chi connectivity index (χ0v) is 23.7. The fourth-order valence-corrected chi connectivity index (χ4v) is 5.59. The normalized spacial score (nSPS) is 12.5. The maximum Gasteiger partial charge on any atom is 0.343 e. The summed E-state index contributed by atoms with van der Waals surface area (Å²) in [5.41, 5.74) is 1.85. The molecule has 10 nitrogen and oxygen atoms in total. The van der Waals surface area contributed by atoms with E-state index in [1.807, 2.05) is 13.0 Å². The van der Waals surface area contributed by atoms with E-state index in [4.69, 9.17) is 18.6 Å². The highest BCUT2D eigenvalue weighted by atomic mass is 32.1. The predicted octanol–water partition coefficient (Wildman–Crippen LogP) is 5.57. The number of hydrogen-bond acceptors (Lipinski definition) is 10. The fraction of sp³-hybridized carbons (Fsp3) is 0.129. The first-order chi connectivity index (χ1) is 20.2. The average molecular weight is 583 g/mol. The van der Waals surface area contributed by atoms with Crippen LogP contribution in [0.25, 0.3) is 22.3 Å². The Kier molecular flexibility index (Phi) is 6.58. The van der Waals surface area contributed by atoms with Gasteiger partial charge in [-0.2, -0.15) is 0 Å². The van der Waals surface area contributed by atoms with E-state index < -0.39 is 23.2 Å². The lowest BCUT2D eigenvalue weighted by molar-refractivity contribution is 0.0730. The van der Waals surface area contributed by atoms with Gasteiger partial charge in [-0.3, -0.25) is 14.4 Å². The van der Waals surface area contributed by atoms with Crippen molar-refractivity contribution in [1.82, 2.24) is 4.98 Å². The number of benzene rings is 3. The molecule has 1 aliphatic rings. The van der Waals surface area contributed by atoms with Gasteiger partial charge in [0.2, 0.25) is 11.2 Å². The number of ether oxygens (including phenoxy) is 3. The van der Waals surface area contributed by atoms with Crippen LogP contribution in [0.5, 0.6) is 17.2 Å². The van der Waals surface area contributed by atoms with E-state index in [0.29, 0.717) is 28.2 Å². The van der Waals surface area contributed by atoms with Crippen LogP contribution in [0, 0.1) is 13.8 Å². The van der Waals surface area contributed by atoms with Crippen molar-refractivity contribution >= 4 is 45.2 Å². The fourth-order valence-electron chi connectivity index (χ4n) is 4.95. The van der Waals surface area contributed by atoms with Crippen LogP contribution in [0.2, 0.25) is 0 Å². The minimum absolute atomic E-state index is 0.00848. The summed E-state index contributed by atoms with van der Waals surface area (Å²) in [6.07, 6.45) is 1.49. The number of rotatable bonds is 6. The summed E-state index contributed by atoms with van der Waals surface area (Å²) < 4.78 is 22.7. The van der Waals surface area contributed by atoms with E-state index >= 15 is 0 Å². The third-order valence-electron chi connectivity index (χ3n) is 6.87. The van der Waals surface area contributed by atoms with E-state index in [1.165, 1.54) is 38.6 Å². The van der Waals surface area contributed by atoms with Gasteiger partial charge in [0.1, 0.15) is 5.58 Å². The molecule has 0 saturated carbocycles. The highest BCUT2D eigenvalue weighted by molar-refractivity contribution is 7.14. The molecule has 6 rings (SSSR count). The smallest absolute Gasteiger partial charge is 0.343 e. The van der Waals surface area contributed by atoms with Crippen molar-refractivity contribution in [2.45, 2.75) is 13.8 Å². The number of thiazole rings is 1. The SMILES string of the molecule is COc1ccc(-c2oc3cc(C)cc(C)c3c(=O)c2OC(=O)c2ccc3c(c2)C(=O)N(c2nccs2)C3=O)cc1OC. The number of esters is 1. The predicted molar refractivity (Wildman–Crippen MR) is 155 cm³/mol. The molecule has 0 radical (unpaired) electrons. The Bertz CT molecular complexity index is 2000. The summed E-state index contributed by atoms with van der Waals surface area (Å²) >= 11 is 1.14. The Balaban J connectivity index is 1.45. The Hall–Kier alpha value is -5.29. The highest BCUT2D eigenvalue weighted by Crippen LogP contribution is 2.38. The summed E-state index contributed by atoms with van der Waals surface area (Å²) in [6, 6.07) is 12.5. The van der Waals surface area contributed by atoms with Crippen LogP contribution in [-0.2, 0) is 0 Å². The molecule has 2 aromatic heterocycles. The monoisotopic (exact) mass is 582 g/mol. The second kappa shape index (κ2) is 10.3. The number of anilines is 1. The van der Waals surface area contributed by atoms with Crippen LogP contribution in [0.4, 0.5) is 5.13 Å². The van der Waals surface area contributed by atoms with Crippen molar-refractivity contribution in [2.75, 3.05) is 19.1 Å². The molecule has 0 aliphatic carbocycles. The van der Waals surface area contributed by atoms with Crippen molar-refractivity contribution in [2.24, 2.45) is 0 Å². The van der Waals surface area contributed by atoms with Crippen LogP contribution in [0.3, 0.4) is 0 Å². The van der Waals surface area contributed by atoms with Crippen LogP contribution in [-0.4, -0.2) is 37.0 Å². The van der Waals surface area contributed by atoms with Crippen LogP contribution < -0.4 is 24.5 Å². The summed E-state index contributed by atoms with van der Waals surface area (Å²) in [5, 5.41) is 2.14. The molecule has 0 saturated heterocycles. The van der Waals surface area contributed by atoms with Gasteiger partial charge >= 0.3 is 5.97 Å². The number of carbonyl (C=O) groups is 3. The standard InChI is InChI=1S/C31H22N2O8S/c1-15-11-16(2)24-23(12-15)40-26(17-6-8-21(38-3)22(14-17)39-4)27(25(24)34)41-30(37)18-5-7-19-20(13-18)29(36)33(28(19)35)31-32-9-10-42-31/h5-14H,1-4H3. The second-order valence-electron chi connectivity index (χ2n) is 9.52. The molecule has 0 N–H and O–H groups in total. The molecule has 1 aliphatic heterocycles. The van der Waals surface area contributed by atoms with E-state index in [0.717, 1.165) is 21.8 Å². The number of carbonyl (C=O) groups excluding carboxylic acids is 3. The van der Waals surface area contributed by atoms with Crippen LogP contribution in [0.1, 0.15) is 42.2 Å². The lowest BCUT2D eigenvalue weighted by Gasteiger charge is -2.14. The summed E-state index contributed by atoms with van der Waals surface area (Å²) in [5.74, 6) is -1.55. The average Bonchev–Trinajstić information content (AvgIpc) is 3.59. The van der Waals surface area contributed by atoms with Crippen molar-refractivity contribution < 1.29 is 33.0 Å². The molecule has 3 aromatic carbocycles. The number of nitrogens with zero attached hydrogens (tertiary/aromatic N) is 2. The van der Waals surface area contributed by atoms with Gasteiger partial charge in [-0.15, -0.1) is 11.3 Å². The summed E-state index contributed by atoms with van der Waals surface area (Å²) in [6.45, 7) is 3.65. The first-order valence-electron chi connectivity index (χ1n) is 12.7. The quantitative estimate of drug-likeness (QED) is 0.187. The molecule has 0 fully saturated rings. The van der Waals surface area contributed by atoms with Gasteiger partial charge < -0.3 is 18.6 Å². The van der Waals surface area contributed by atoms with Crippen LogP contribution in [0.15, 0.2) is 69.3 Å². The molecule has 0 bridgehead atoms. The number of methoxy groups -OCH3 is 2. The number of amides is 2. The Labute approximate surface area is 242 Å². The van der Waals surface area contributed by atoms with Gasteiger partial charge in [-0.1, -0.05) is 6.07 Å². The molecule has 0 atom stereocenters. The highest BCUT2D eigenvalue weighted by Gasteiger charge is 2.38. The molecule has 0 spiro atoms. The minimum atomic E-state index is -0.913. The first-order valence-corrected chi connectivity index (χ1v) is 13.5. The Morgan fingerprint density at radius 1 is 0.905 bits per heavy atom. The molecular weight excluding hydrogens is 560 g/mol. The van der Waals surface area contributed by atoms with Crippen LogP contribution >= 0.6 is 11.3 Å². The van der Waals surface area contributed by atoms with Crippen molar-refractivity contribution in [3.05, 3.63) is 98.1 Å². The molecule has 11 heteroatoms. The molecule has 42 heavy (non-hydrogen) atoms. The summed E-state index contributed by atoms with van der Waals surface area (Å²) in [4.78, 5) is 58.3. The molecule has 2 amide bonds. The second-order valence-corrected chi connectivity index (χ2v) is 10.4. The zero-order valence-electron chi connectivity index (χ0n) is 22.8. The van der Waals surface area contributed by atoms with E-state index in [9.17, 15) is 19.2 Å². The van der Waals surface area contributed by atoms with Gasteiger partial charge in [0.15, 0.2) is 22.4 Å². The topological polar surface area (TPSA) is 125 Å². The van der Waals surface area contributed by atoms with E-state index in [-0.39, 0.29) is 38.7 Å². The molecule has 5 aromatic rings. The molecule has 3 heterocycles. The summed E-state index contributed by atoms with van der Waals surface area (Å²) in [7, 11) is 2.97. The first kappa shape index (κ1) is 26.9. The lowest BCUT2D eigenvalue weighted by Crippen LogP contribution is -2.29. The number of aromatic nitrogens is 1. The Morgan fingerprint density at radius 2 is 1.67 bits per heavy atom. The zero-order chi connectivity index (χ0) is 29.7. The number of imide groups is 1. The largest absolute Gasteiger partial charge is 0.493 e. The van der Waals surface area contributed by atoms with Gasteiger partial charge in [0.05, 0.1) is 36.3 Å². The number of aryl methyl sites for hydroxylation is 2. The van der Waals surface area contributed by atoms with Gasteiger partial charge in [-0.05, 0) is 67.4 Å². The maximum absolute atomic E-state index is 13.9. The molecular formula is C31H22N2O8S. The molecule has 0 unspecified atom stereocenters. The van der Waals surface area contributed by atoms with Gasteiger partial charge in [0.25, 0.3) is 11.8 Å². The third-order valence-corrected chi connectivity index (χ3v) is 7.63. The van der Waals surface area contributed by atoms with E-state index in [1.54, 1.807) is 36.6 Å². The van der Waals surface area contributed by atoms with Crippen molar-refractivity contribution in [1.29, 1.82) is 0 Å². The maximum atomic E-state index is 13.9.